The van der Waals surface area contributed by atoms with Gasteiger partial charge in [0.2, 0.25) is 0 Å². The Hall–Kier alpha value is -1.30. The van der Waals surface area contributed by atoms with E-state index in [9.17, 15) is 0 Å². The van der Waals surface area contributed by atoms with Crippen LogP contribution < -0.4 is 0 Å². The van der Waals surface area contributed by atoms with E-state index in [1.54, 1.807) is 0 Å². The van der Waals surface area contributed by atoms with E-state index < -0.39 is 0 Å². The summed E-state index contributed by atoms with van der Waals surface area (Å²) in [4.78, 5) is 1.07. The fraction of sp³-hybridized carbons (Fsp3) is 0.556. The smallest absolute Gasteiger partial charge is 0.177 e. The molecule has 2 heterocycles. The van der Waals surface area contributed by atoms with Crippen molar-refractivity contribution in [2.24, 2.45) is 0 Å². The summed E-state index contributed by atoms with van der Waals surface area (Å²) in [7, 11) is 0. The topological polar surface area (TPSA) is 56.5 Å². The standard InChI is InChI=1S/C9H11N5S/c1-2-7-8(15-13-11-7)9-12-10-5-14(9)6-3-4-6/h5-6H,2-4H2,1H3. The van der Waals surface area contributed by atoms with Gasteiger partial charge in [0.15, 0.2) is 5.82 Å². The molecule has 1 fully saturated rings. The second-order valence-corrected chi connectivity index (χ2v) is 4.45. The van der Waals surface area contributed by atoms with E-state index in [0.29, 0.717) is 6.04 Å². The summed E-state index contributed by atoms with van der Waals surface area (Å²) in [6.45, 7) is 2.08. The second kappa shape index (κ2) is 3.37. The Morgan fingerprint density at radius 2 is 2.33 bits per heavy atom. The van der Waals surface area contributed by atoms with Crippen LogP contribution in [0.4, 0.5) is 0 Å². The third-order valence-electron chi connectivity index (χ3n) is 2.61. The predicted octanol–water partition coefficient (Wildman–Crippen LogP) is 1.69. The zero-order valence-corrected chi connectivity index (χ0v) is 9.24. The van der Waals surface area contributed by atoms with Crippen LogP contribution in [0.5, 0.6) is 0 Å². The van der Waals surface area contributed by atoms with Crippen LogP contribution in [0.15, 0.2) is 6.33 Å². The lowest BCUT2D eigenvalue weighted by molar-refractivity contribution is 0.746. The van der Waals surface area contributed by atoms with E-state index in [0.717, 1.165) is 22.8 Å². The second-order valence-electron chi connectivity index (χ2n) is 3.70. The highest BCUT2D eigenvalue weighted by Crippen LogP contribution is 2.38. The Balaban J connectivity index is 2.07. The van der Waals surface area contributed by atoms with Crippen LogP contribution in [0, 0.1) is 0 Å². The van der Waals surface area contributed by atoms with E-state index in [4.69, 9.17) is 0 Å². The lowest BCUT2D eigenvalue weighted by Gasteiger charge is -2.02. The Morgan fingerprint density at radius 1 is 1.47 bits per heavy atom. The molecule has 0 amide bonds. The quantitative estimate of drug-likeness (QED) is 0.791. The molecule has 3 rings (SSSR count). The fourth-order valence-corrected chi connectivity index (χ4v) is 2.37. The first-order valence-corrected chi connectivity index (χ1v) is 5.88. The van der Waals surface area contributed by atoms with Crippen LogP contribution in [-0.2, 0) is 6.42 Å². The minimum Gasteiger partial charge on any atom is -0.310 e. The van der Waals surface area contributed by atoms with Crippen molar-refractivity contribution >= 4 is 11.5 Å². The van der Waals surface area contributed by atoms with Gasteiger partial charge in [-0.05, 0) is 30.8 Å². The highest BCUT2D eigenvalue weighted by Gasteiger charge is 2.28. The molecule has 5 nitrogen and oxygen atoms in total. The predicted molar refractivity (Wildman–Crippen MR) is 56.6 cm³/mol. The third kappa shape index (κ3) is 1.45. The molecule has 0 spiro atoms. The molecule has 6 heteroatoms. The van der Waals surface area contributed by atoms with Crippen molar-refractivity contribution in [3.05, 3.63) is 12.0 Å². The van der Waals surface area contributed by atoms with Gasteiger partial charge in [-0.3, -0.25) is 0 Å². The molecular weight excluding hydrogens is 210 g/mol. The first-order chi connectivity index (χ1) is 7.40. The lowest BCUT2D eigenvalue weighted by atomic mass is 10.3. The molecule has 1 aliphatic carbocycles. The molecule has 0 unspecified atom stereocenters. The molecule has 1 saturated carbocycles. The number of aromatic nitrogens is 5. The van der Waals surface area contributed by atoms with Crippen molar-refractivity contribution in [1.82, 2.24) is 24.4 Å². The average molecular weight is 221 g/mol. The summed E-state index contributed by atoms with van der Waals surface area (Å²) in [6, 6.07) is 0.599. The molecular formula is C9H11N5S. The molecule has 15 heavy (non-hydrogen) atoms. The van der Waals surface area contributed by atoms with E-state index in [1.807, 2.05) is 6.33 Å². The van der Waals surface area contributed by atoms with Gasteiger partial charge >= 0.3 is 0 Å². The summed E-state index contributed by atoms with van der Waals surface area (Å²) in [5.41, 5.74) is 1.02. The fourth-order valence-electron chi connectivity index (χ4n) is 1.63. The number of hydrogen-bond donors (Lipinski definition) is 0. The van der Waals surface area contributed by atoms with Crippen molar-refractivity contribution in [1.29, 1.82) is 0 Å². The van der Waals surface area contributed by atoms with Crippen LogP contribution >= 0.6 is 11.5 Å². The molecule has 0 aliphatic heterocycles. The maximum Gasteiger partial charge on any atom is 0.177 e. The van der Waals surface area contributed by atoms with E-state index in [1.165, 1.54) is 24.4 Å². The Bertz CT molecular complexity index is 470. The number of aryl methyl sites for hydroxylation is 1. The van der Waals surface area contributed by atoms with Gasteiger partial charge in [-0.25, -0.2) is 0 Å². The first kappa shape index (κ1) is 8.96. The highest BCUT2D eigenvalue weighted by atomic mass is 32.1. The van der Waals surface area contributed by atoms with Crippen LogP contribution in [-0.4, -0.2) is 24.4 Å². The molecule has 0 aromatic carbocycles. The molecule has 0 atom stereocenters. The zero-order valence-electron chi connectivity index (χ0n) is 8.42. The van der Waals surface area contributed by atoms with Crippen LogP contribution in [0.1, 0.15) is 31.5 Å². The zero-order chi connectivity index (χ0) is 10.3. The van der Waals surface area contributed by atoms with Crippen LogP contribution in [0.2, 0.25) is 0 Å². The lowest BCUT2D eigenvalue weighted by Crippen LogP contribution is -1.96. The van der Waals surface area contributed by atoms with Gasteiger partial charge in [-0.2, -0.15) is 0 Å². The van der Waals surface area contributed by atoms with Gasteiger partial charge in [0.25, 0.3) is 0 Å². The van der Waals surface area contributed by atoms with Crippen molar-refractivity contribution in [2.45, 2.75) is 32.2 Å². The molecule has 78 valence electrons. The van der Waals surface area contributed by atoms with Crippen molar-refractivity contribution in [3.63, 3.8) is 0 Å². The summed E-state index contributed by atoms with van der Waals surface area (Å²) in [6.07, 6.45) is 5.17. The van der Waals surface area contributed by atoms with E-state index in [2.05, 4.69) is 31.3 Å². The SMILES string of the molecule is CCc1nnsc1-c1nncn1C1CC1. The number of hydrogen-bond acceptors (Lipinski definition) is 5. The minimum absolute atomic E-state index is 0.599. The maximum atomic E-state index is 4.17. The van der Waals surface area contributed by atoms with Gasteiger partial charge in [-0.15, -0.1) is 15.3 Å². The average Bonchev–Trinajstić information content (AvgIpc) is 2.83. The summed E-state index contributed by atoms with van der Waals surface area (Å²) < 4.78 is 6.13. The molecule has 0 radical (unpaired) electrons. The summed E-state index contributed by atoms with van der Waals surface area (Å²) in [5.74, 6) is 0.935. The molecule has 0 saturated heterocycles. The number of rotatable bonds is 3. The van der Waals surface area contributed by atoms with Gasteiger partial charge in [-0.1, -0.05) is 11.4 Å². The summed E-state index contributed by atoms with van der Waals surface area (Å²) in [5, 5.41) is 12.2. The van der Waals surface area contributed by atoms with Crippen LogP contribution in [0.25, 0.3) is 10.7 Å². The molecule has 0 bridgehead atoms. The number of nitrogens with zero attached hydrogens (tertiary/aromatic N) is 5. The van der Waals surface area contributed by atoms with Crippen molar-refractivity contribution < 1.29 is 0 Å². The first-order valence-electron chi connectivity index (χ1n) is 5.11. The Kier molecular flexibility index (Phi) is 2.02. The third-order valence-corrected chi connectivity index (χ3v) is 3.37. The molecule has 0 N–H and O–H groups in total. The maximum absolute atomic E-state index is 4.17. The van der Waals surface area contributed by atoms with Crippen molar-refractivity contribution in [2.75, 3.05) is 0 Å². The van der Waals surface area contributed by atoms with Crippen LogP contribution in [0.3, 0.4) is 0 Å². The highest BCUT2D eigenvalue weighted by molar-refractivity contribution is 7.09. The summed E-state index contributed by atoms with van der Waals surface area (Å²) >= 11 is 1.41. The van der Waals surface area contributed by atoms with E-state index >= 15 is 0 Å². The molecule has 2 aromatic rings. The van der Waals surface area contributed by atoms with Gasteiger partial charge < -0.3 is 4.57 Å². The molecule has 1 aliphatic rings. The molecule has 2 aromatic heterocycles. The van der Waals surface area contributed by atoms with Gasteiger partial charge in [0.1, 0.15) is 11.2 Å². The van der Waals surface area contributed by atoms with Gasteiger partial charge in [0, 0.05) is 6.04 Å². The minimum atomic E-state index is 0.599. The van der Waals surface area contributed by atoms with Gasteiger partial charge in [0.05, 0.1) is 5.69 Å². The van der Waals surface area contributed by atoms with Crippen molar-refractivity contribution in [3.8, 4) is 10.7 Å². The Labute approximate surface area is 91.3 Å². The largest absolute Gasteiger partial charge is 0.310 e. The Morgan fingerprint density at radius 3 is 3.07 bits per heavy atom. The normalized spacial score (nSPS) is 15.8. The monoisotopic (exact) mass is 221 g/mol. The van der Waals surface area contributed by atoms with E-state index in [-0.39, 0.29) is 0 Å².